The summed E-state index contributed by atoms with van der Waals surface area (Å²) in [6, 6.07) is 3.43. The highest BCUT2D eigenvalue weighted by molar-refractivity contribution is 5.70. The van der Waals surface area contributed by atoms with Crippen LogP contribution in [0.15, 0.2) is 30.6 Å². The van der Waals surface area contributed by atoms with Gasteiger partial charge >= 0.3 is 12.5 Å². The molecule has 0 fully saturated rings. The number of ether oxygens (including phenoxy) is 2. The highest BCUT2D eigenvalue weighted by Gasteiger charge is 2.32. The highest BCUT2D eigenvalue weighted by Crippen LogP contribution is 2.36. The van der Waals surface area contributed by atoms with Crippen molar-refractivity contribution < 1.29 is 32.5 Å². The number of carbonyl (C=O) groups excluding carboxylic acids is 1. The van der Waals surface area contributed by atoms with Gasteiger partial charge in [0, 0.05) is 29.9 Å². The van der Waals surface area contributed by atoms with Crippen LogP contribution in [0.25, 0.3) is 11.1 Å². The normalized spacial score (nSPS) is 11.9. The minimum absolute atomic E-state index is 0.122. The number of alkyl halides is 3. The third-order valence-electron chi connectivity index (χ3n) is 3.14. The van der Waals surface area contributed by atoms with Crippen molar-refractivity contribution in [1.82, 2.24) is 15.1 Å². The Labute approximate surface area is 153 Å². The fourth-order valence-corrected chi connectivity index (χ4v) is 2.17. The van der Waals surface area contributed by atoms with Gasteiger partial charge in [0.25, 0.3) is 0 Å². The molecule has 2 N–H and O–H groups in total. The van der Waals surface area contributed by atoms with Crippen LogP contribution in [0.2, 0.25) is 0 Å². The molecule has 10 heteroatoms. The summed E-state index contributed by atoms with van der Waals surface area (Å²) in [4.78, 5) is 11.6. The Morgan fingerprint density at radius 1 is 1.30 bits per heavy atom. The monoisotopic (exact) mass is 387 g/mol. The van der Waals surface area contributed by atoms with E-state index in [0.717, 1.165) is 6.07 Å². The van der Waals surface area contributed by atoms with E-state index in [1.165, 1.54) is 29.2 Å². The molecular formula is C17H20F3N3O4. The summed E-state index contributed by atoms with van der Waals surface area (Å²) < 4.78 is 48.2. The number of alkyl carbamates (subject to hydrolysis) is 1. The number of phenols is 1. The van der Waals surface area contributed by atoms with Gasteiger partial charge in [-0.1, -0.05) is 0 Å². The van der Waals surface area contributed by atoms with Crippen molar-refractivity contribution >= 4 is 6.09 Å². The highest BCUT2D eigenvalue weighted by atomic mass is 19.4. The summed E-state index contributed by atoms with van der Waals surface area (Å²) in [6.45, 7) is 5.73. The number of halogens is 3. The van der Waals surface area contributed by atoms with Crippen LogP contribution < -0.4 is 10.1 Å². The quantitative estimate of drug-likeness (QED) is 0.818. The van der Waals surface area contributed by atoms with Crippen LogP contribution >= 0.6 is 0 Å². The number of phenolic OH excluding ortho intramolecular Hbond substituents is 1. The Morgan fingerprint density at radius 3 is 2.63 bits per heavy atom. The summed E-state index contributed by atoms with van der Waals surface area (Å²) in [5.74, 6) is -0.888. The lowest BCUT2D eigenvalue weighted by Gasteiger charge is -2.19. The van der Waals surface area contributed by atoms with Crippen molar-refractivity contribution in [3.63, 3.8) is 0 Å². The zero-order chi connectivity index (χ0) is 20.2. The van der Waals surface area contributed by atoms with Crippen molar-refractivity contribution in [1.29, 1.82) is 0 Å². The molecule has 27 heavy (non-hydrogen) atoms. The topological polar surface area (TPSA) is 85.6 Å². The predicted octanol–water partition coefficient (Wildman–Crippen LogP) is 3.68. The maximum absolute atomic E-state index is 12.6. The molecule has 1 aromatic carbocycles. The standard InChI is InChI=1S/C17H20F3N3O4/c1-16(2,3)27-15(25)21-6-7-23-10-11(9-22-23)13-5-4-12(24)8-14(13)26-17(18,19)20/h4-5,8-10,24H,6-7H2,1-3H3,(H,21,25). The van der Waals surface area contributed by atoms with Crippen molar-refractivity contribution in [3.8, 4) is 22.6 Å². The second kappa shape index (κ2) is 7.77. The zero-order valence-electron chi connectivity index (χ0n) is 15.0. The van der Waals surface area contributed by atoms with Crippen LogP contribution in [0.1, 0.15) is 20.8 Å². The molecule has 0 aliphatic rings. The van der Waals surface area contributed by atoms with Gasteiger partial charge < -0.3 is 19.9 Å². The molecule has 0 bridgehead atoms. The number of rotatable bonds is 5. The molecule has 2 rings (SSSR count). The van der Waals surface area contributed by atoms with Crippen LogP contribution in [-0.4, -0.2) is 39.5 Å². The molecule has 0 atom stereocenters. The first-order chi connectivity index (χ1) is 12.4. The van der Waals surface area contributed by atoms with E-state index in [0.29, 0.717) is 5.56 Å². The van der Waals surface area contributed by atoms with E-state index in [1.54, 1.807) is 20.8 Å². The molecule has 0 aliphatic carbocycles. The van der Waals surface area contributed by atoms with E-state index >= 15 is 0 Å². The Balaban J connectivity index is 2.04. The van der Waals surface area contributed by atoms with Gasteiger partial charge in [0.15, 0.2) is 0 Å². The van der Waals surface area contributed by atoms with E-state index < -0.39 is 23.8 Å². The number of nitrogens with zero attached hydrogens (tertiary/aromatic N) is 2. The van der Waals surface area contributed by atoms with Crippen LogP contribution in [0, 0.1) is 0 Å². The van der Waals surface area contributed by atoms with Crippen LogP contribution in [-0.2, 0) is 11.3 Å². The Morgan fingerprint density at radius 2 is 2.00 bits per heavy atom. The molecule has 0 radical (unpaired) electrons. The second-order valence-electron chi connectivity index (χ2n) is 6.65. The van der Waals surface area contributed by atoms with Crippen LogP contribution in [0.3, 0.4) is 0 Å². The van der Waals surface area contributed by atoms with E-state index in [2.05, 4.69) is 15.2 Å². The lowest BCUT2D eigenvalue weighted by Crippen LogP contribution is -2.34. The second-order valence-corrected chi connectivity index (χ2v) is 6.65. The molecule has 0 spiro atoms. The van der Waals surface area contributed by atoms with Gasteiger partial charge in [0.1, 0.15) is 17.1 Å². The van der Waals surface area contributed by atoms with Gasteiger partial charge in [0.2, 0.25) is 0 Å². The maximum atomic E-state index is 12.6. The van der Waals surface area contributed by atoms with Crippen molar-refractivity contribution in [3.05, 3.63) is 30.6 Å². The Bertz CT molecular complexity index is 797. The molecule has 1 aromatic heterocycles. The lowest BCUT2D eigenvalue weighted by molar-refractivity contribution is -0.274. The number of nitrogens with one attached hydrogen (secondary N) is 1. The fourth-order valence-electron chi connectivity index (χ4n) is 2.17. The first-order valence-corrected chi connectivity index (χ1v) is 8.01. The summed E-state index contributed by atoms with van der Waals surface area (Å²) >= 11 is 0. The molecule has 0 saturated heterocycles. The SMILES string of the molecule is CC(C)(C)OC(=O)NCCn1cc(-c2ccc(O)cc2OC(F)(F)F)cn1. The molecule has 148 valence electrons. The summed E-state index contributed by atoms with van der Waals surface area (Å²) in [5.41, 5.74) is -0.125. The van der Waals surface area contributed by atoms with Crippen LogP contribution in [0.5, 0.6) is 11.5 Å². The molecule has 0 unspecified atom stereocenters. The van der Waals surface area contributed by atoms with Gasteiger partial charge in [0.05, 0.1) is 12.7 Å². The number of amides is 1. The summed E-state index contributed by atoms with van der Waals surface area (Å²) in [7, 11) is 0. The van der Waals surface area contributed by atoms with Gasteiger partial charge in [-0.15, -0.1) is 13.2 Å². The van der Waals surface area contributed by atoms with Gasteiger partial charge in [-0.2, -0.15) is 5.10 Å². The van der Waals surface area contributed by atoms with Crippen molar-refractivity contribution in [2.45, 2.75) is 39.3 Å². The molecule has 2 aromatic rings. The third-order valence-corrected chi connectivity index (χ3v) is 3.14. The molecule has 0 saturated carbocycles. The van der Waals surface area contributed by atoms with Crippen molar-refractivity contribution in [2.24, 2.45) is 0 Å². The molecule has 1 heterocycles. The number of hydrogen-bond acceptors (Lipinski definition) is 5. The molecule has 7 nitrogen and oxygen atoms in total. The average molecular weight is 387 g/mol. The first kappa shape index (κ1) is 20.4. The van der Waals surface area contributed by atoms with E-state index in [1.807, 2.05) is 0 Å². The largest absolute Gasteiger partial charge is 0.573 e. The maximum Gasteiger partial charge on any atom is 0.573 e. The van der Waals surface area contributed by atoms with E-state index in [9.17, 15) is 23.1 Å². The van der Waals surface area contributed by atoms with Crippen molar-refractivity contribution in [2.75, 3.05) is 6.54 Å². The van der Waals surface area contributed by atoms with E-state index in [-0.39, 0.29) is 24.4 Å². The van der Waals surface area contributed by atoms with Crippen LogP contribution in [0.4, 0.5) is 18.0 Å². The first-order valence-electron chi connectivity index (χ1n) is 8.01. The minimum Gasteiger partial charge on any atom is -0.508 e. The number of aromatic hydroxyl groups is 1. The third kappa shape index (κ3) is 6.72. The average Bonchev–Trinajstić information content (AvgIpc) is 2.92. The smallest absolute Gasteiger partial charge is 0.508 e. The molecule has 0 aliphatic heterocycles. The summed E-state index contributed by atoms with van der Waals surface area (Å²) in [5, 5.41) is 16.0. The summed E-state index contributed by atoms with van der Waals surface area (Å²) in [6.07, 6.45) is -2.60. The number of aromatic nitrogens is 2. The Kier molecular flexibility index (Phi) is 5.87. The van der Waals surface area contributed by atoms with Gasteiger partial charge in [-0.05, 0) is 32.9 Å². The van der Waals surface area contributed by atoms with Gasteiger partial charge in [-0.25, -0.2) is 4.79 Å². The number of carbonyl (C=O) groups is 1. The minimum atomic E-state index is -4.89. The number of hydrogen-bond donors (Lipinski definition) is 2. The Hall–Kier alpha value is -2.91. The van der Waals surface area contributed by atoms with E-state index in [4.69, 9.17) is 4.74 Å². The predicted molar refractivity (Wildman–Crippen MR) is 90.2 cm³/mol. The molecular weight excluding hydrogens is 367 g/mol. The molecule has 1 amide bonds. The fraction of sp³-hybridized carbons (Fsp3) is 0.412. The zero-order valence-corrected chi connectivity index (χ0v) is 15.0. The van der Waals surface area contributed by atoms with Gasteiger partial charge in [-0.3, -0.25) is 4.68 Å². The number of benzene rings is 1. The lowest BCUT2D eigenvalue weighted by atomic mass is 10.1.